The zero-order chi connectivity index (χ0) is 13.9. The average Bonchev–Trinajstić information content (AvgIpc) is 2.94. The Kier molecular flexibility index (Phi) is 3.26. The Morgan fingerprint density at radius 1 is 0.947 bits per heavy atom. The van der Waals surface area contributed by atoms with E-state index in [1.165, 1.54) is 6.42 Å². The maximum atomic E-state index is 6.34. The van der Waals surface area contributed by atoms with Gasteiger partial charge in [-0.1, -0.05) is 34.6 Å². The quantitative estimate of drug-likeness (QED) is 0.766. The smallest absolute Gasteiger partial charge is 0.166 e. The van der Waals surface area contributed by atoms with E-state index in [0.29, 0.717) is 12.2 Å². The van der Waals surface area contributed by atoms with Crippen molar-refractivity contribution in [2.75, 3.05) is 0 Å². The lowest BCUT2D eigenvalue weighted by molar-refractivity contribution is -0.174. The van der Waals surface area contributed by atoms with Gasteiger partial charge in [0.05, 0.1) is 12.2 Å². The Bertz CT molecular complexity index is 321. The molecule has 0 amide bonds. The molecule has 0 aromatic rings. The molecule has 0 aromatic heterocycles. The van der Waals surface area contributed by atoms with Crippen molar-refractivity contribution in [2.45, 2.75) is 72.4 Å². The molecule has 1 saturated heterocycles. The van der Waals surface area contributed by atoms with E-state index in [0.717, 1.165) is 41.9 Å². The minimum atomic E-state index is -0.320. The van der Waals surface area contributed by atoms with Crippen LogP contribution >= 0.6 is 0 Å². The van der Waals surface area contributed by atoms with Crippen LogP contribution in [0.1, 0.15) is 54.4 Å². The summed E-state index contributed by atoms with van der Waals surface area (Å²) in [7, 11) is 0. The Labute approximate surface area is 118 Å². The number of hydrogen-bond donors (Lipinski definition) is 0. The maximum Gasteiger partial charge on any atom is 0.166 e. The SMILES string of the molecule is CCC1(C)OC2C3CC(C2O1)C(C(C)C)C3C(C)C. The van der Waals surface area contributed by atoms with Crippen molar-refractivity contribution >= 4 is 0 Å². The first-order chi connectivity index (χ1) is 8.88. The molecule has 2 saturated carbocycles. The van der Waals surface area contributed by atoms with E-state index in [1.807, 2.05) is 0 Å². The van der Waals surface area contributed by atoms with Gasteiger partial charge >= 0.3 is 0 Å². The van der Waals surface area contributed by atoms with Gasteiger partial charge in [0, 0.05) is 0 Å². The lowest BCUT2D eigenvalue weighted by Crippen LogP contribution is -2.43. The topological polar surface area (TPSA) is 18.5 Å². The first kappa shape index (κ1) is 13.9. The van der Waals surface area contributed by atoms with Gasteiger partial charge in [-0.3, -0.25) is 0 Å². The molecule has 0 N–H and O–H groups in total. The molecule has 3 fully saturated rings. The molecule has 2 heteroatoms. The second kappa shape index (κ2) is 4.46. The fourth-order valence-electron chi connectivity index (χ4n) is 5.35. The van der Waals surface area contributed by atoms with Crippen molar-refractivity contribution in [3.05, 3.63) is 0 Å². The average molecular weight is 266 g/mol. The summed E-state index contributed by atoms with van der Waals surface area (Å²) >= 11 is 0. The van der Waals surface area contributed by atoms with Gasteiger partial charge in [0.1, 0.15) is 0 Å². The molecule has 3 rings (SSSR count). The first-order valence-electron chi connectivity index (χ1n) is 8.23. The van der Waals surface area contributed by atoms with Gasteiger partial charge in [-0.15, -0.1) is 0 Å². The fourth-order valence-corrected chi connectivity index (χ4v) is 5.35. The monoisotopic (exact) mass is 266 g/mol. The molecule has 6 unspecified atom stereocenters. The van der Waals surface area contributed by atoms with Crippen LogP contribution < -0.4 is 0 Å². The summed E-state index contributed by atoms with van der Waals surface area (Å²) in [5.41, 5.74) is 0. The molecular weight excluding hydrogens is 236 g/mol. The molecule has 110 valence electrons. The van der Waals surface area contributed by atoms with E-state index < -0.39 is 0 Å². The van der Waals surface area contributed by atoms with Crippen molar-refractivity contribution in [3.8, 4) is 0 Å². The molecule has 0 radical (unpaired) electrons. The van der Waals surface area contributed by atoms with Crippen LogP contribution in [0.5, 0.6) is 0 Å². The summed E-state index contributed by atoms with van der Waals surface area (Å²) in [4.78, 5) is 0. The summed E-state index contributed by atoms with van der Waals surface area (Å²) < 4.78 is 12.7. The van der Waals surface area contributed by atoms with Crippen LogP contribution in [0.2, 0.25) is 0 Å². The Balaban J connectivity index is 1.88. The Hall–Kier alpha value is -0.0800. The van der Waals surface area contributed by atoms with E-state index in [-0.39, 0.29) is 5.79 Å². The Morgan fingerprint density at radius 2 is 1.37 bits per heavy atom. The minimum absolute atomic E-state index is 0.320. The largest absolute Gasteiger partial charge is 0.344 e. The molecule has 6 atom stereocenters. The number of fused-ring (bicyclic) bond motifs is 5. The number of rotatable bonds is 3. The highest BCUT2D eigenvalue weighted by atomic mass is 16.8. The van der Waals surface area contributed by atoms with Gasteiger partial charge in [-0.2, -0.15) is 0 Å². The third-order valence-corrected chi connectivity index (χ3v) is 6.10. The second-order valence-corrected chi connectivity index (χ2v) is 7.86. The molecule has 1 aliphatic heterocycles. The normalized spacial score (nSPS) is 52.4. The molecule has 2 nitrogen and oxygen atoms in total. The molecular formula is C17H30O2. The standard InChI is InChI=1S/C17H30O2/c1-7-17(6)18-15-11-8-12(16(15)19-17)14(10(4)5)13(11)9(2)3/h9-16H,7-8H2,1-6H3. The minimum Gasteiger partial charge on any atom is -0.344 e. The highest BCUT2D eigenvalue weighted by Gasteiger charge is 2.64. The van der Waals surface area contributed by atoms with Crippen LogP contribution in [-0.4, -0.2) is 18.0 Å². The van der Waals surface area contributed by atoms with Crippen molar-refractivity contribution < 1.29 is 9.47 Å². The van der Waals surface area contributed by atoms with Gasteiger partial charge in [0.2, 0.25) is 0 Å². The van der Waals surface area contributed by atoms with E-state index in [1.54, 1.807) is 0 Å². The molecule has 19 heavy (non-hydrogen) atoms. The molecule has 1 heterocycles. The number of ether oxygens (including phenoxy) is 2. The van der Waals surface area contributed by atoms with E-state index >= 15 is 0 Å². The summed E-state index contributed by atoms with van der Waals surface area (Å²) in [6, 6.07) is 0. The van der Waals surface area contributed by atoms with Crippen LogP contribution in [-0.2, 0) is 9.47 Å². The predicted molar refractivity (Wildman–Crippen MR) is 76.7 cm³/mol. The summed E-state index contributed by atoms with van der Waals surface area (Å²) in [6.45, 7) is 13.9. The van der Waals surface area contributed by atoms with E-state index in [2.05, 4.69) is 41.5 Å². The molecule has 3 aliphatic rings. The zero-order valence-corrected chi connectivity index (χ0v) is 13.3. The predicted octanol–water partition coefficient (Wildman–Crippen LogP) is 4.09. The zero-order valence-electron chi connectivity index (χ0n) is 13.3. The highest BCUT2D eigenvalue weighted by molar-refractivity contribution is 5.10. The van der Waals surface area contributed by atoms with Gasteiger partial charge in [-0.05, 0) is 55.3 Å². The molecule has 2 aliphatic carbocycles. The van der Waals surface area contributed by atoms with Crippen molar-refractivity contribution in [3.63, 3.8) is 0 Å². The summed E-state index contributed by atoms with van der Waals surface area (Å²) in [6.07, 6.45) is 3.04. The van der Waals surface area contributed by atoms with Crippen molar-refractivity contribution in [2.24, 2.45) is 35.5 Å². The summed E-state index contributed by atoms with van der Waals surface area (Å²) in [5, 5.41) is 0. The van der Waals surface area contributed by atoms with Gasteiger partial charge in [-0.25, -0.2) is 0 Å². The van der Waals surface area contributed by atoms with Crippen LogP contribution in [0, 0.1) is 35.5 Å². The first-order valence-corrected chi connectivity index (χ1v) is 8.23. The van der Waals surface area contributed by atoms with Crippen LogP contribution in [0.15, 0.2) is 0 Å². The van der Waals surface area contributed by atoms with Crippen LogP contribution in [0.25, 0.3) is 0 Å². The van der Waals surface area contributed by atoms with Gasteiger partial charge < -0.3 is 9.47 Å². The molecule has 0 spiro atoms. The van der Waals surface area contributed by atoms with Crippen LogP contribution in [0.4, 0.5) is 0 Å². The maximum absolute atomic E-state index is 6.34. The lowest BCUT2D eigenvalue weighted by atomic mass is 9.67. The third kappa shape index (κ3) is 1.90. The molecule has 2 bridgehead atoms. The fraction of sp³-hybridized carbons (Fsp3) is 1.00. The van der Waals surface area contributed by atoms with Crippen LogP contribution in [0.3, 0.4) is 0 Å². The lowest BCUT2D eigenvalue weighted by Gasteiger charge is -2.40. The van der Waals surface area contributed by atoms with Gasteiger partial charge in [0.25, 0.3) is 0 Å². The van der Waals surface area contributed by atoms with Crippen molar-refractivity contribution in [1.82, 2.24) is 0 Å². The third-order valence-electron chi connectivity index (χ3n) is 6.10. The number of hydrogen-bond acceptors (Lipinski definition) is 2. The highest BCUT2D eigenvalue weighted by Crippen LogP contribution is 2.62. The summed E-state index contributed by atoms with van der Waals surface area (Å²) in [5.74, 6) is 4.33. The molecule has 0 aromatic carbocycles. The second-order valence-electron chi connectivity index (χ2n) is 7.86. The van der Waals surface area contributed by atoms with Crippen molar-refractivity contribution in [1.29, 1.82) is 0 Å². The Morgan fingerprint density at radius 3 is 1.68 bits per heavy atom. The van der Waals surface area contributed by atoms with E-state index in [4.69, 9.17) is 9.47 Å². The van der Waals surface area contributed by atoms with E-state index in [9.17, 15) is 0 Å². The van der Waals surface area contributed by atoms with Gasteiger partial charge in [0.15, 0.2) is 5.79 Å².